The maximum absolute atomic E-state index is 13.3. The molecule has 2 amide bonds. The van der Waals surface area contributed by atoms with Gasteiger partial charge in [-0.25, -0.2) is 14.2 Å². The van der Waals surface area contributed by atoms with Crippen LogP contribution in [0.1, 0.15) is 29.5 Å². The van der Waals surface area contributed by atoms with Gasteiger partial charge in [0, 0.05) is 31.2 Å². The van der Waals surface area contributed by atoms with E-state index in [0.29, 0.717) is 28.3 Å². The lowest BCUT2D eigenvalue weighted by Gasteiger charge is -2.39. The number of carbonyl (C=O) groups excluding carboxylic acids is 1. The number of amides is 2. The molecule has 2 aliphatic heterocycles. The molecule has 37 heavy (non-hydrogen) atoms. The molecule has 1 fully saturated rings. The topological polar surface area (TPSA) is 48.5 Å². The molecular weight excluding hydrogens is 534 g/mol. The second kappa shape index (κ2) is 11.0. The third-order valence-corrected chi connectivity index (χ3v) is 8.13. The number of carbonyl (C=O) groups is 1. The Balaban J connectivity index is 1.27. The van der Waals surface area contributed by atoms with Gasteiger partial charge in [-0.15, -0.1) is 0 Å². The first-order valence-corrected chi connectivity index (χ1v) is 13.3. The minimum Gasteiger partial charge on any atom is -0.334 e. The molecule has 1 saturated heterocycles. The summed E-state index contributed by atoms with van der Waals surface area (Å²) in [6.45, 7) is 3.49. The number of pyridine rings is 1. The Hall–Kier alpha value is -2.64. The molecule has 0 bridgehead atoms. The van der Waals surface area contributed by atoms with E-state index in [4.69, 9.17) is 34.8 Å². The highest BCUT2D eigenvalue weighted by atomic mass is 35.5. The Morgan fingerprint density at radius 2 is 1.78 bits per heavy atom. The van der Waals surface area contributed by atoms with Crippen molar-refractivity contribution in [2.75, 3.05) is 31.1 Å². The van der Waals surface area contributed by atoms with Crippen LogP contribution in [-0.4, -0.2) is 42.1 Å². The Labute approximate surface area is 230 Å². The van der Waals surface area contributed by atoms with Gasteiger partial charge in [0.15, 0.2) is 0 Å². The number of piperidine rings is 1. The molecule has 2 aliphatic rings. The van der Waals surface area contributed by atoms with Gasteiger partial charge in [-0.2, -0.15) is 0 Å². The van der Waals surface area contributed by atoms with E-state index in [1.54, 1.807) is 35.4 Å². The molecule has 0 unspecified atom stereocenters. The number of nitrogens with one attached hydrogen (secondary N) is 1. The van der Waals surface area contributed by atoms with Crippen LogP contribution in [0.3, 0.4) is 0 Å². The van der Waals surface area contributed by atoms with Crippen LogP contribution in [-0.2, 0) is 12.0 Å². The lowest BCUT2D eigenvalue weighted by Crippen LogP contribution is -2.47. The smallest absolute Gasteiger partial charge is 0.322 e. The van der Waals surface area contributed by atoms with Crippen LogP contribution in [0.25, 0.3) is 6.08 Å². The van der Waals surface area contributed by atoms with E-state index >= 15 is 0 Å². The molecule has 0 saturated carbocycles. The first-order chi connectivity index (χ1) is 17.8. The number of fused-ring (bicyclic) bond motifs is 2. The third kappa shape index (κ3) is 5.78. The van der Waals surface area contributed by atoms with Crippen molar-refractivity contribution >= 4 is 52.6 Å². The average Bonchev–Trinajstić information content (AvgIpc) is 3.18. The summed E-state index contributed by atoms with van der Waals surface area (Å²) in [6, 6.07) is 13.6. The van der Waals surface area contributed by atoms with E-state index in [1.165, 1.54) is 12.1 Å². The average molecular weight is 560 g/mol. The fourth-order valence-corrected chi connectivity index (χ4v) is 5.69. The first-order valence-electron chi connectivity index (χ1n) is 12.1. The van der Waals surface area contributed by atoms with Gasteiger partial charge in [0.1, 0.15) is 11.0 Å². The van der Waals surface area contributed by atoms with E-state index in [2.05, 4.69) is 21.3 Å². The highest BCUT2D eigenvalue weighted by molar-refractivity contribution is 6.42. The van der Waals surface area contributed by atoms with Gasteiger partial charge < -0.3 is 5.32 Å². The number of halogens is 4. The highest BCUT2D eigenvalue weighted by Gasteiger charge is 2.46. The van der Waals surface area contributed by atoms with Gasteiger partial charge in [0.05, 0.1) is 15.7 Å². The number of anilines is 1. The van der Waals surface area contributed by atoms with Gasteiger partial charge in [-0.3, -0.25) is 9.80 Å². The molecule has 192 valence electrons. The second-order valence-electron chi connectivity index (χ2n) is 9.55. The Morgan fingerprint density at radius 1 is 1.05 bits per heavy atom. The minimum atomic E-state index is -0.235. The predicted molar refractivity (Wildman–Crippen MR) is 148 cm³/mol. The summed E-state index contributed by atoms with van der Waals surface area (Å²) in [5, 5.41) is 4.32. The minimum absolute atomic E-state index is 0.182. The van der Waals surface area contributed by atoms with Crippen molar-refractivity contribution in [1.82, 2.24) is 15.2 Å². The van der Waals surface area contributed by atoms with Crippen molar-refractivity contribution in [3.05, 3.63) is 98.5 Å². The van der Waals surface area contributed by atoms with E-state index < -0.39 is 0 Å². The molecule has 0 radical (unpaired) electrons. The molecule has 5 nitrogen and oxygen atoms in total. The van der Waals surface area contributed by atoms with E-state index in [-0.39, 0.29) is 17.3 Å². The summed E-state index contributed by atoms with van der Waals surface area (Å²) in [5.74, 6) is -0.235. The van der Waals surface area contributed by atoms with Gasteiger partial charge in [0.25, 0.3) is 0 Å². The molecule has 1 aromatic heterocycles. The van der Waals surface area contributed by atoms with Crippen molar-refractivity contribution in [2.45, 2.75) is 24.8 Å². The van der Waals surface area contributed by atoms with Crippen molar-refractivity contribution < 1.29 is 9.18 Å². The molecule has 0 aliphatic carbocycles. The summed E-state index contributed by atoms with van der Waals surface area (Å²) in [5.41, 5.74) is 3.55. The molecule has 9 heteroatoms. The zero-order chi connectivity index (χ0) is 26.0. The van der Waals surface area contributed by atoms with Crippen molar-refractivity contribution in [3.8, 4) is 0 Å². The lowest BCUT2D eigenvalue weighted by molar-refractivity contribution is 0.180. The standard InChI is InChI=1S/C28H26Cl3FN4O/c29-23-15-22-25(16-24(23)30)36(27(37)34-17-20-7-10-33-26(31)14-20)18-28(22)8-12-35(13-9-28)11-1-2-19-3-5-21(32)6-4-19/h1-7,10,14-16H,8-9,11-13,17-18H2,(H,34,37)/b2-1+. The molecule has 0 atom stereocenters. The van der Waals surface area contributed by atoms with Crippen LogP contribution in [0.4, 0.5) is 14.9 Å². The quantitative estimate of drug-likeness (QED) is 0.344. The van der Waals surface area contributed by atoms with Crippen molar-refractivity contribution in [1.29, 1.82) is 0 Å². The van der Waals surface area contributed by atoms with Gasteiger partial charge in [-0.1, -0.05) is 59.1 Å². The summed E-state index contributed by atoms with van der Waals surface area (Å²) in [7, 11) is 0. The Bertz CT molecular complexity index is 1320. The van der Waals surface area contributed by atoms with E-state index in [1.807, 2.05) is 18.2 Å². The third-order valence-electron chi connectivity index (χ3n) is 7.20. The number of benzene rings is 2. The number of nitrogens with zero attached hydrogens (tertiary/aromatic N) is 3. The Morgan fingerprint density at radius 3 is 2.51 bits per heavy atom. The number of urea groups is 1. The number of likely N-dealkylation sites (tertiary alicyclic amines) is 1. The summed E-state index contributed by atoms with van der Waals surface area (Å²) in [6.07, 6.45) is 7.53. The Kier molecular flexibility index (Phi) is 7.72. The van der Waals surface area contributed by atoms with Gasteiger partial charge >= 0.3 is 6.03 Å². The van der Waals surface area contributed by atoms with E-state index in [0.717, 1.165) is 54.9 Å². The van der Waals surface area contributed by atoms with Crippen LogP contribution in [0.5, 0.6) is 0 Å². The number of hydrogen-bond acceptors (Lipinski definition) is 3. The zero-order valence-corrected chi connectivity index (χ0v) is 22.3. The van der Waals surface area contributed by atoms with Crippen LogP contribution >= 0.6 is 34.8 Å². The number of aromatic nitrogens is 1. The number of rotatable bonds is 5. The van der Waals surface area contributed by atoms with Crippen LogP contribution < -0.4 is 10.2 Å². The van der Waals surface area contributed by atoms with Gasteiger partial charge in [0.2, 0.25) is 0 Å². The summed E-state index contributed by atoms with van der Waals surface area (Å²) in [4.78, 5) is 21.5. The summed E-state index contributed by atoms with van der Waals surface area (Å²) >= 11 is 18.8. The maximum Gasteiger partial charge on any atom is 0.322 e. The SMILES string of the molecule is O=C(NCc1ccnc(Cl)c1)N1CC2(CCN(C/C=C/c3ccc(F)cc3)CC2)c2cc(Cl)c(Cl)cc21. The highest BCUT2D eigenvalue weighted by Crippen LogP contribution is 2.49. The maximum atomic E-state index is 13.3. The molecular formula is C28H26Cl3FN4O. The first kappa shape index (κ1) is 26.0. The van der Waals surface area contributed by atoms with E-state index in [9.17, 15) is 9.18 Å². The van der Waals surface area contributed by atoms with Crippen LogP contribution in [0.2, 0.25) is 15.2 Å². The van der Waals surface area contributed by atoms with Crippen molar-refractivity contribution in [3.63, 3.8) is 0 Å². The predicted octanol–water partition coefficient (Wildman–Crippen LogP) is 6.96. The van der Waals surface area contributed by atoms with Crippen LogP contribution in [0, 0.1) is 5.82 Å². The number of hydrogen-bond donors (Lipinski definition) is 1. The van der Waals surface area contributed by atoms with Crippen molar-refractivity contribution in [2.24, 2.45) is 0 Å². The fraction of sp³-hybridized carbons (Fsp3) is 0.286. The van der Waals surface area contributed by atoms with Gasteiger partial charge in [-0.05, 0) is 79.0 Å². The van der Waals surface area contributed by atoms with Crippen LogP contribution in [0.15, 0.2) is 60.8 Å². The zero-order valence-electron chi connectivity index (χ0n) is 20.1. The summed E-state index contributed by atoms with van der Waals surface area (Å²) < 4.78 is 13.1. The molecule has 1 spiro atoms. The lowest BCUT2D eigenvalue weighted by atomic mass is 9.74. The second-order valence-corrected chi connectivity index (χ2v) is 10.8. The fourth-order valence-electron chi connectivity index (χ4n) is 5.17. The molecule has 5 rings (SSSR count). The normalized spacial score (nSPS) is 16.9. The molecule has 2 aromatic carbocycles. The largest absolute Gasteiger partial charge is 0.334 e. The molecule has 3 aromatic rings. The monoisotopic (exact) mass is 558 g/mol. The molecule has 3 heterocycles. The molecule has 1 N–H and O–H groups in total.